The van der Waals surface area contributed by atoms with Crippen molar-refractivity contribution in [1.29, 1.82) is 0 Å². The molecule has 0 bridgehead atoms. The third-order valence-corrected chi connectivity index (χ3v) is 7.07. The standard InChI is InChI=1S/C34H41N3O5/c1-5-12-25-16-18-30(31(23-25)40-3)42-22-11-21-37-28-14-9-8-13-27(28)36-33(37)15-7-6-10-20-35-34(38)26-17-19-29(39-2)32(24-26)41-4/h5,8-9,12-14,16-19,23-24H,6-7,10-11,15,20-22H2,1-4H3,(H,35,38)/b12-5+. The Labute approximate surface area is 248 Å². The number of hydrogen-bond acceptors (Lipinski definition) is 6. The number of unbranched alkanes of at least 4 members (excludes halogenated alkanes) is 2. The largest absolute Gasteiger partial charge is 0.493 e. The highest BCUT2D eigenvalue weighted by molar-refractivity contribution is 5.94. The van der Waals surface area contributed by atoms with Crippen LogP contribution in [0.25, 0.3) is 17.1 Å². The van der Waals surface area contributed by atoms with Gasteiger partial charge in [-0.15, -0.1) is 0 Å². The minimum absolute atomic E-state index is 0.119. The van der Waals surface area contributed by atoms with E-state index in [0.29, 0.717) is 30.2 Å². The number of ether oxygens (including phenoxy) is 4. The summed E-state index contributed by atoms with van der Waals surface area (Å²) >= 11 is 0. The highest BCUT2D eigenvalue weighted by atomic mass is 16.5. The van der Waals surface area contributed by atoms with Gasteiger partial charge in [-0.3, -0.25) is 4.79 Å². The van der Waals surface area contributed by atoms with Gasteiger partial charge in [0.05, 0.1) is 39.0 Å². The molecule has 0 radical (unpaired) electrons. The lowest BCUT2D eigenvalue weighted by atomic mass is 10.1. The monoisotopic (exact) mass is 571 g/mol. The van der Waals surface area contributed by atoms with Crippen LogP contribution in [0.15, 0.2) is 66.7 Å². The van der Waals surface area contributed by atoms with Crippen LogP contribution in [0.4, 0.5) is 0 Å². The van der Waals surface area contributed by atoms with E-state index in [0.717, 1.165) is 72.6 Å². The first kappa shape index (κ1) is 30.5. The highest BCUT2D eigenvalue weighted by Crippen LogP contribution is 2.29. The molecule has 4 rings (SSSR count). The normalized spacial score (nSPS) is 11.1. The molecule has 1 amide bonds. The Bertz CT molecular complexity index is 1490. The van der Waals surface area contributed by atoms with E-state index in [2.05, 4.69) is 28.1 Å². The first-order chi connectivity index (χ1) is 20.6. The van der Waals surface area contributed by atoms with E-state index in [1.165, 1.54) is 0 Å². The van der Waals surface area contributed by atoms with Gasteiger partial charge in [-0.2, -0.15) is 0 Å². The molecule has 0 saturated carbocycles. The number of methoxy groups -OCH3 is 3. The summed E-state index contributed by atoms with van der Waals surface area (Å²) in [4.78, 5) is 17.5. The third-order valence-electron chi connectivity index (χ3n) is 7.07. The molecule has 0 fully saturated rings. The van der Waals surface area contributed by atoms with Crippen molar-refractivity contribution in [2.75, 3.05) is 34.5 Å². The summed E-state index contributed by atoms with van der Waals surface area (Å²) in [7, 11) is 4.80. The molecule has 3 aromatic carbocycles. The number of amides is 1. The molecule has 42 heavy (non-hydrogen) atoms. The van der Waals surface area contributed by atoms with E-state index in [4.69, 9.17) is 23.9 Å². The zero-order valence-electron chi connectivity index (χ0n) is 25.0. The molecule has 0 saturated heterocycles. The van der Waals surface area contributed by atoms with Crippen molar-refractivity contribution >= 4 is 23.0 Å². The Morgan fingerprint density at radius 3 is 2.40 bits per heavy atom. The molecule has 4 aromatic rings. The first-order valence-corrected chi connectivity index (χ1v) is 14.5. The average molecular weight is 572 g/mol. The number of hydrogen-bond donors (Lipinski definition) is 1. The van der Waals surface area contributed by atoms with Crippen molar-refractivity contribution in [2.45, 2.75) is 45.6 Å². The van der Waals surface area contributed by atoms with Gasteiger partial charge >= 0.3 is 0 Å². The Morgan fingerprint density at radius 2 is 1.62 bits per heavy atom. The van der Waals surface area contributed by atoms with E-state index in [1.807, 2.05) is 43.3 Å². The second-order valence-electron chi connectivity index (χ2n) is 9.92. The summed E-state index contributed by atoms with van der Waals surface area (Å²) in [6.45, 7) is 4.00. The Hall–Kier alpha value is -4.46. The Balaban J connectivity index is 1.26. The maximum absolute atomic E-state index is 12.6. The fourth-order valence-corrected chi connectivity index (χ4v) is 4.94. The number of rotatable bonds is 16. The smallest absolute Gasteiger partial charge is 0.251 e. The Morgan fingerprint density at radius 1 is 0.857 bits per heavy atom. The lowest BCUT2D eigenvalue weighted by molar-refractivity contribution is 0.0952. The molecule has 0 unspecified atom stereocenters. The molecule has 0 atom stereocenters. The first-order valence-electron chi connectivity index (χ1n) is 14.5. The van der Waals surface area contributed by atoms with Gasteiger partial charge in [-0.05, 0) is 74.2 Å². The van der Waals surface area contributed by atoms with Crippen molar-refractivity contribution < 1.29 is 23.7 Å². The number of para-hydroxylation sites is 2. The summed E-state index contributed by atoms with van der Waals surface area (Å²) in [5.41, 5.74) is 3.78. The highest BCUT2D eigenvalue weighted by Gasteiger charge is 2.12. The fraction of sp³-hybridized carbons (Fsp3) is 0.353. The van der Waals surface area contributed by atoms with E-state index in [-0.39, 0.29) is 5.91 Å². The van der Waals surface area contributed by atoms with Crippen LogP contribution in [0.2, 0.25) is 0 Å². The summed E-state index contributed by atoms with van der Waals surface area (Å²) in [6, 6.07) is 19.4. The van der Waals surface area contributed by atoms with Crippen molar-refractivity contribution in [3.63, 3.8) is 0 Å². The Kier molecular flexibility index (Phi) is 11.3. The summed E-state index contributed by atoms with van der Waals surface area (Å²) in [5.74, 6) is 3.59. The van der Waals surface area contributed by atoms with Crippen molar-refractivity contribution in [2.24, 2.45) is 0 Å². The van der Waals surface area contributed by atoms with Gasteiger partial charge in [0.15, 0.2) is 23.0 Å². The molecule has 1 aromatic heterocycles. The predicted molar refractivity (Wildman–Crippen MR) is 167 cm³/mol. The van der Waals surface area contributed by atoms with Crippen LogP contribution in [-0.4, -0.2) is 49.9 Å². The third kappa shape index (κ3) is 7.84. The zero-order valence-corrected chi connectivity index (χ0v) is 25.0. The lowest BCUT2D eigenvalue weighted by Crippen LogP contribution is -2.24. The molecule has 0 spiro atoms. The van der Waals surface area contributed by atoms with Crippen LogP contribution < -0.4 is 24.3 Å². The maximum Gasteiger partial charge on any atom is 0.251 e. The second-order valence-corrected chi connectivity index (χ2v) is 9.92. The molecule has 8 heteroatoms. The second kappa shape index (κ2) is 15.5. The molecule has 222 valence electrons. The van der Waals surface area contributed by atoms with Crippen LogP contribution in [0.5, 0.6) is 23.0 Å². The maximum atomic E-state index is 12.6. The number of carbonyl (C=O) groups is 1. The molecule has 0 aliphatic rings. The molecule has 1 heterocycles. The molecular formula is C34H41N3O5. The molecule has 1 N–H and O–H groups in total. The molecule has 0 aliphatic heterocycles. The van der Waals surface area contributed by atoms with Crippen LogP contribution in [-0.2, 0) is 13.0 Å². The van der Waals surface area contributed by atoms with Crippen molar-refractivity contribution in [1.82, 2.24) is 14.9 Å². The van der Waals surface area contributed by atoms with Gasteiger partial charge < -0.3 is 28.8 Å². The van der Waals surface area contributed by atoms with E-state index >= 15 is 0 Å². The number of nitrogens with zero attached hydrogens (tertiary/aromatic N) is 2. The van der Waals surface area contributed by atoms with Crippen LogP contribution in [0.3, 0.4) is 0 Å². The van der Waals surface area contributed by atoms with Crippen molar-refractivity contribution in [3.05, 3.63) is 83.7 Å². The van der Waals surface area contributed by atoms with Crippen molar-refractivity contribution in [3.8, 4) is 23.0 Å². The molecular weight excluding hydrogens is 530 g/mol. The van der Waals surface area contributed by atoms with Gasteiger partial charge in [0.1, 0.15) is 5.82 Å². The van der Waals surface area contributed by atoms with Gasteiger partial charge in [0.25, 0.3) is 5.91 Å². The van der Waals surface area contributed by atoms with E-state index in [9.17, 15) is 4.79 Å². The number of imidazole rings is 1. The SMILES string of the molecule is C/C=C/c1ccc(OCCCn2c(CCCCCNC(=O)c3ccc(OC)c(OC)c3)nc3ccccc32)c(OC)c1. The quantitative estimate of drug-likeness (QED) is 0.151. The van der Waals surface area contributed by atoms with Gasteiger partial charge in [0, 0.05) is 25.1 Å². The number of aryl methyl sites for hydroxylation is 2. The predicted octanol–water partition coefficient (Wildman–Crippen LogP) is 6.71. The van der Waals surface area contributed by atoms with Crippen LogP contribution >= 0.6 is 0 Å². The topological polar surface area (TPSA) is 83.8 Å². The summed E-state index contributed by atoms with van der Waals surface area (Å²) in [5, 5.41) is 3.00. The number of fused-ring (bicyclic) bond motifs is 1. The fourth-order valence-electron chi connectivity index (χ4n) is 4.94. The lowest BCUT2D eigenvalue weighted by Gasteiger charge is -2.13. The summed E-state index contributed by atoms with van der Waals surface area (Å²) < 4.78 is 24.5. The number of benzene rings is 3. The van der Waals surface area contributed by atoms with Gasteiger partial charge in [-0.1, -0.05) is 36.8 Å². The minimum atomic E-state index is -0.119. The average Bonchev–Trinajstić information content (AvgIpc) is 3.38. The van der Waals surface area contributed by atoms with Crippen LogP contribution in [0.1, 0.15) is 54.4 Å². The van der Waals surface area contributed by atoms with Crippen LogP contribution in [0, 0.1) is 0 Å². The van der Waals surface area contributed by atoms with Gasteiger partial charge in [0.2, 0.25) is 0 Å². The minimum Gasteiger partial charge on any atom is -0.493 e. The van der Waals surface area contributed by atoms with Gasteiger partial charge in [-0.25, -0.2) is 4.98 Å². The zero-order chi connectivity index (χ0) is 29.7. The number of allylic oxidation sites excluding steroid dienone is 1. The van der Waals surface area contributed by atoms with E-state index in [1.54, 1.807) is 39.5 Å². The summed E-state index contributed by atoms with van der Waals surface area (Å²) in [6.07, 6.45) is 8.62. The molecule has 0 aliphatic carbocycles. The number of carbonyl (C=O) groups excluding carboxylic acids is 1. The molecule has 8 nitrogen and oxygen atoms in total. The number of nitrogens with one attached hydrogen (secondary N) is 1. The number of aromatic nitrogens is 2. The van der Waals surface area contributed by atoms with E-state index < -0.39 is 0 Å².